The lowest BCUT2D eigenvalue weighted by Crippen LogP contribution is -2.21. The van der Waals surface area contributed by atoms with Crippen LogP contribution < -0.4 is 14.8 Å². The number of halogens is 1. The van der Waals surface area contributed by atoms with E-state index in [9.17, 15) is 14.0 Å². The zero-order valence-corrected chi connectivity index (χ0v) is 18.5. The Morgan fingerprint density at radius 1 is 0.941 bits per heavy atom. The third kappa shape index (κ3) is 4.96. The molecule has 0 unspecified atom stereocenters. The Balaban J connectivity index is 1.54. The van der Waals surface area contributed by atoms with Crippen LogP contribution in [0.2, 0.25) is 0 Å². The van der Waals surface area contributed by atoms with Gasteiger partial charge in [-0.2, -0.15) is 0 Å². The molecular formula is C26H21FN2O5. The van der Waals surface area contributed by atoms with Crippen LogP contribution in [0.5, 0.6) is 11.5 Å². The van der Waals surface area contributed by atoms with Gasteiger partial charge in [-0.15, -0.1) is 0 Å². The highest BCUT2D eigenvalue weighted by atomic mass is 19.1. The SMILES string of the molecule is COc1ccc(NC(=O)COC(=O)c2cc(-c3ccc(F)cc3)nc3ccccc23)c(OC)c1. The van der Waals surface area contributed by atoms with E-state index in [-0.39, 0.29) is 11.4 Å². The molecule has 1 aromatic heterocycles. The van der Waals surface area contributed by atoms with Crippen LogP contribution in [0.4, 0.5) is 10.1 Å². The zero-order valence-electron chi connectivity index (χ0n) is 18.5. The lowest BCUT2D eigenvalue weighted by molar-refractivity contribution is -0.119. The molecule has 0 aliphatic rings. The number of pyridine rings is 1. The molecule has 0 aliphatic heterocycles. The van der Waals surface area contributed by atoms with Crippen molar-refractivity contribution in [2.24, 2.45) is 0 Å². The summed E-state index contributed by atoms with van der Waals surface area (Å²) in [5.74, 6) is -0.609. The van der Waals surface area contributed by atoms with Gasteiger partial charge in [-0.1, -0.05) is 18.2 Å². The molecule has 8 heteroatoms. The maximum Gasteiger partial charge on any atom is 0.339 e. The van der Waals surface area contributed by atoms with Crippen molar-refractivity contribution in [3.8, 4) is 22.8 Å². The van der Waals surface area contributed by atoms with E-state index in [2.05, 4.69) is 10.3 Å². The summed E-state index contributed by atoms with van der Waals surface area (Å²) in [6.07, 6.45) is 0. The molecule has 0 spiro atoms. The second-order valence-corrected chi connectivity index (χ2v) is 7.27. The third-order valence-electron chi connectivity index (χ3n) is 5.09. The Kier molecular flexibility index (Phi) is 6.68. The maximum atomic E-state index is 13.3. The number of esters is 1. The van der Waals surface area contributed by atoms with E-state index >= 15 is 0 Å². The van der Waals surface area contributed by atoms with Crippen molar-refractivity contribution in [1.82, 2.24) is 4.98 Å². The number of carbonyl (C=O) groups excluding carboxylic acids is 2. The number of nitrogens with zero attached hydrogens (tertiary/aromatic N) is 1. The minimum atomic E-state index is -0.682. The van der Waals surface area contributed by atoms with Crippen LogP contribution in [-0.2, 0) is 9.53 Å². The largest absolute Gasteiger partial charge is 0.497 e. The quantitative estimate of drug-likeness (QED) is 0.397. The predicted molar refractivity (Wildman–Crippen MR) is 126 cm³/mol. The summed E-state index contributed by atoms with van der Waals surface area (Å²) < 4.78 is 29.0. The zero-order chi connectivity index (χ0) is 24.1. The van der Waals surface area contributed by atoms with Gasteiger partial charge in [0, 0.05) is 17.0 Å². The van der Waals surface area contributed by atoms with Gasteiger partial charge in [0.25, 0.3) is 5.91 Å². The van der Waals surface area contributed by atoms with E-state index in [0.29, 0.717) is 39.3 Å². The summed E-state index contributed by atoms with van der Waals surface area (Å²) in [6, 6.07) is 19.4. The van der Waals surface area contributed by atoms with Gasteiger partial charge in [0.2, 0.25) is 0 Å². The van der Waals surface area contributed by atoms with E-state index in [1.807, 2.05) is 0 Å². The lowest BCUT2D eigenvalue weighted by atomic mass is 10.0. The fourth-order valence-electron chi connectivity index (χ4n) is 3.41. The molecule has 0 aliphatic carbocycles. The molecule has 0 atom stereocenters. The monoisotopic (exact) mass is 460 g/mol. The average molecular weight is 460 g/mol. The summed E-state index contributed by atoms with van der Waals surface area (Å²) in [5.41, 5.74) is 2.37. The van der Waals surface area contributed by atoms with Gasteiger partial charge < -0.3 is 19.5 Å². The molecular weight excluding hydrogens is 439 g/mol. The van der Waals surface area contributed by atoms with E-state index in [1.54, 1.807) is 60.7 Å². The number of carbonyl (C=O) groups is 2. The molecule has 1 N–H and O–H groups in total. The average Bonchev–Trinajstić information content (AvgIpc) is 2.87. The van der Waals surface area contributed by atoms with Crippen LogP contribution in [0, 0.1) is 5.82 Å². The lowest BCUT2D eigenvalue weighted by Gasteiger charge is -2.12. The van der Waals surface area contributed by atoms with Gasteiger partial charge in [0.1, 0.15) is 17.3 Å². The number of hydrogen-bond acceptors (Lipinski definition) is 6. The van der Waals surface area contributed by atoms with Gasteiger partial charge in [0.05, 0.1) is 36.7 Å². The fraction of sp³-hybridized carbons (Fsp3) is 0.115. The molecule has 3 aromatic carbocycles. The van der Waals surface area contributed by atoms with Crippen LogP contribution in [-0.4, -0.2) is 37.7 Å². The first-order valence-corrected chi connectivity index (χ1v) is 10.3. The molecule has 4 aromatic rings. The Morgan fingerprint density at radius 3 is 2.44 bits per heavy atom. The molecule has 0 bridgehead atoms. The first kappa shape index (κ1) is 22.7. The van der Waals surface area contributed by atoms with Gasteiger partial charge in [-0.05, 0) is 48.5 Å². The van der Waals surface area contributed by atoms with Crippen LogP contribution >= 0.6 is 0 Å². The summed E-state index contributed by atoms with van der Waals surface area (Å²) in [7, 11) is 2.99. The number of nitrogens with one attached hydrogen (secondary N) is 1. The molecule has 4 rings (SSSR count). The minimum absolute atomic E-state index is 0.250. The Hall–Kier alpha value is -4.46. The number of ether oxygens (including phenoxy) is 3. The van der Waals surface area contributed by atoms with E-state index < -0.39 is 18.5 Å². The molecule has 0 radical (unpaired) electrons. The summed E-state index contributed by atoms with van der Waals surface area (Å²) >= 11 is 0. The molecule has 0 saturated heterocycles. The molecule has 0 saturated carbocycles. The van der Waals surface area contributed by atoms with Gasteiger partial charge in [0.15, 0.2) is 6.61 Å². The van der Waals surface area contributed by atoms with Gasteiger partial charge >= 0.3 is 5.97 Å². The molecule has 0 fully saturated rings. The van der Waals surface area contributed by atoms with Crippen molar-refractivity contribution < 1.29 is 28.2 Å². The van der Waals surface area contributed by atoms with Crippen molar-refractivity contribution in [2.45, 2.75) is 0 Å². The Labute approximate surface area is 195 Å². The summed E-state index contributed by atoms with van der Waals surface area (Å²) in [6.45, 7) is -0.503. The topological polar surface area (TPSA) is 86.8 Å². The molecule has 34 heavy (non-hydrogen) atoms. The van der Waals surface area contributed by atoms with Gasteiger partial charge in [-0.3, -0.25) is 4.79 Å². The first-order chi connectivity index (χ1) is 16.5. The number of amides is 1. The second-order valence-electron chi connectivity index (χ2n) is 7.27. The Bertz CT molecular complexity index is 1360. The van der Waals surface area contributed by atoms with E-state index in [0.717, 1.165) is 0 Å². The fourth-order valence-corrected chi connectivity index (χ4v) is 3.41. The molecule has 1 amide bonds. The van der Waals surface area contributed by atoms with Gasteiger partial charge in [-0.25, -0.2) is 14.2 Å². The smallest absolute Gasteiger partial charge is 0.339 e. The highest BCUT2D eigenvalue weighted by molar-refractivity contribution is 6.05. The van der Waals surface area contributed by atoms with Crippen molar-refractivity contribution >= 4 is 28.5 Å². The predicted octanol–water partition coefficient (Wildman–Crippen LogP) is 4.85. The van der Waals surface area contributed by atoms with Crippen LogP contribution in [0.15, 0.2) is 72.8 Å². The van der Waals surface area contributed by atoms with E-state index in [1.165, 1.54) is 26.4 Å². The van der Waals surface area contributed by atoms with E-state index in [4.69, 9.17) is 14.2 Å². The molecule has 1 heterocycles. The molecule has 7 nitrogen and oxygen atoms in total. The standard InChI is InChI=1S/C26H21FN2O5/c1-32-18-11-12-22(24(13-18)33-2)29-25(30)15-34-26(31)20-14-23(16-7-9-17(27)10-8-16)28-21-6-4-3-5-19(20)21/h3-14H,15H2,1-2H3,(H,29,30). The number of aromatic nitrogens is 1. The van der Waals surface area contributed by atoms with Crippen LogP contribution in [0.1, 0.15) is 10.4 Å². The van der Waals surface area contributed by atoms with Crippen molar-refractivity contribution in [3.05, 3.63) is 84.2 Å². The number of para-hydroxylation sites is 1. The third-order valence-corrected chi connectivity index (χ3v) is 5.09. The number of anilines is 1. The van der Waals surface area contributed by atoms with Crippen LogP contribution in [0.3, 0.4) is 0 Å². The first-order valence-electron chi connectivity index (χ1n) is 10.3. The number of methoxy groups -OCH3 is 2. The Morgan fingerprint density at radius 2 is 1.71 bits per heavy atom. The number of fused-ring (bicyclic) bond motifs is 1. The van der Waals surface area contributed by atoms with Crippen LogP contribution in [0.25, 0.3) is 22.2 Å². The molecule has 172 valence electrons. The number of benzene rings is 3. The second kappa shape index (κ2) is 9.99. The highest BCUT2D eigenvalue weighted by Crippen LogP contribution is 2.29. The van der Waals surface area contributed by atoms with Crippen molar-refractivity contribution in [2.75, 3.05) is 26.1 Å². The number of hydrogen-bond donors (Lipinski definition) is 1. The minimum Gasteiger partial charge on any atom is -0.497 e. The van der Waals surface area contributed by atoms with Crippen molar-refractivity contribution in [3.63, 3.8) is 0 Å². The highest BCUT2D eigenvalue weighted by Gasteiger charge is 2.17. The number of rotatable bonds is 7. The summed E-state index contributed by atoms with van der Waals surface area (Å²) in [4.78, 5) is 29.9. The normalized spacial score (nSPS) is 10.6. The maximum absolute atomic E-state index is 13.3. The van der Waals surface area contributed by atoms with Crippen molar-refractivity contribution in [1.29, 1.82) is 0 Å². The summed E-state index contributed by atoms with van der Waals surface area (Å²) in [5, 5.41) is 3.23.